The number of nitrogens with one attached hydrogen (secondary N) is 1. The molecule has 1 rings (SSSR count). The second-order valence-corrected chi connectivity index (χ2v) is 5.58. The number of aryl methyl sites for hydroxylation is 1. The van der Waals surface area contributed by atoms with Gasteiger partial charge in [-0.3, -0.25) is 4.98 Å². The van der Waals surface area contributed by atoms with E-state index in [-0.39, 0.29) is 5.41 Å². The Labute approximate surface area is 105 Å². The van der Waals surface area contributed by atoms with Crippen LogP contribution in [0.5, 0.6) is 5.75 Å². The standard InChI is InChI=1S/C14H24N2O/c1-11(2)16-9-14(4,5)10-17-13-7-6-8-15-12(13)3/h6-8,11,16H,9-10H2,1-5H3. The van der Waals surface area contributed by atoms with Crippen LogP contribution in [0.2, 0.25) is 0 Å². The lowest BCUT2D eigenvalue weighted by atomic mass is 9.94. The van der Waals surface area contributed by atoms with E-state index in [1.807, 2.05) is 19.1 Å². The van der Waals surface area contributed by atoms with Crippen molar-refractivity contribution in [1.29, 1.82) is 0 Å². The van der Waals surface area contributed by atoms with Gasteiger partial charge in [-0.15, -0.1) is 0 Å². The largest absolute Gasteiger partial charge is 0.491 e. The van der Waals surface area contributed by atoms with Gasteiger partial charge < -0.3 is 10.1 Å². The molecule has 0 spiro atoms. The minimum Gasteiger partial charge on any atom is -0.491 e. The van der Waals surface area contributed by atoms with Crippen molar-refractivity contribution in [3.05, 3.63) is 24.0 Å². The van der Waals surface area contributed by atoms with Gasteiger partial charge in [0.25, 0.3) is 0 Å². The van der Waals surface area contributed by atoms with Crippen molar-refractivity contribution >= 4 is 0 Å². The summed E-state index contributed by atoms with van der Waals surface area (Å²) in [6.45, 7) is 12.3. The lowest BCUT2D eigenvalue weighted by molar-refractivity contribution is 0.172. The molecule has 17 heavy (non-hydrogen) atoms. The van der Waals surface area contributed by atoms with Crippen molar-refractivity contribution in [1.82, 2.24) is 10.3 Å². The maximum atomic E-state index is 5.83. The van der Waals surface area contributed by atoms with Crippen LogP contribution in [0.4, 0.5) is 0 Å². The average Bonchev–Trinajstić information content (AvgIpc) is 2.26. The molecule has 1 aromatic heterocycles. The summed E-state index contributed by atoms with van der Waals surface area (Å²) in [5.41, 5.74) is 1.06. The van der Waals surface area contributed by atoms with Gasteiger partial charge in [0.2, 0.25) is 0 Å². The van der Waals surface area contributed by atoms with Crippen LogP contribution in [0.3, 0.4) is 0 Å². The van der Waals surface area contributed by atoms with Gasteiger partial charge in [0, 0.05) is 24.2 Å². The Kier molecular flexibility index (Phi) is 4.94. The zero-order valence-electron chi connectivity index (χ0n) is 11.6. The first-order valence-electron chi connectivity index (χ1n) is 6.18. The molecule has 0 aromatic carbocycles. The third-order valence-corrected chi connectivity index (χ3v) is 2.57. The van der Waals surface area contributed by atoms with E-state index in [0.29, 0.717) is 12.6 Å². The monoisotopic (exact) mass is 236 g/mol. The Bertz CT molecular complexity index is 348. The minimum absolute atomic E-state index is 0.118. The summed E-state index contributed by atoms with van der Waals surface area (Å²) in [7, 11) is 0. The van der Waals surface area contributed by atoms with Gasteiger partial charge in [-0.05, 0) is 19.1 Å². The van der Waals surface area contributed by atoms with E-state index in [0.717, 1.165) is 18.0 Å². The van der Waals surface area contributed by atoms with Crippen LogP contribution < -0.4 is 10.1 Å². The first kappa shape index (κ1) is 14.0. The molecule has 1 heterocycles. The van der Waals surface area contributed by atoms with Crippen LogP contribution >= 0.6 is 0 Å². The first-order chi connectivity index (χ1) is 7.91. The molecule has 1 aromatic rings. The maximum absolute atomic E-state index is 5.83. The number of rotatable bonds is 6. The second kappa shape index (κ2) is 6.01. The van der Waals surface area contributed by atoms with Crippen LogP contribution in [-0.2, 0) is 0 Å². The van der Waals surface area contributed by atoms with Crippen LogP contribution in [-0.4, -0.2) is 24.2 Å². The van der Waals surface area contributed by atoms with Crippen molar-refractivity contribution in [2.75, 3.05) is 13.2 Å². The van der Waals surface area contributed by atoms with E-state index >= 15 is 0 Å². The summed E-state index contributed by atoms with van der Waals surface area (Å²) in [6, 6.07) is 4.38. The third-order valence-electron chi connectivity index (χ3n) is 2.57. The summed E-state index contributed by atoms with van der Waals surface area (Å²) in [5.74, 6) is 0.880. The molecule has 96 valence electrons. The number of hydrogen-bond acceptors (Lipinski definition) is 3. The van der Waals surface area contributed by atoms with Gasteiger partial charge in [-0.25, -0.2) is 0 Å². The molecular formula is C14H24N2O. The molecule has 3 heteroatoms. The summed E-state index contributed by atoms with van der Waals surface area (Å²) in [6.07, 6.45) is 1.79. The quantitative estimate of drug-likeness (QED) is 0.824. The molecule has 0 saturated heterocycles. The van der Waals surface area contributed by atoms with Crippen LogP contribution in [0.1, 0.15) is 33.4 Å². The zero-order chi connectivity index (χ0) is 12.9. The van der Waals surface area contributed by atoms with E-state index < -0.39 is 0 Å². The molecule has 3 nitrogen and oxygen atoms in total. The number of nitrogens with zero attached hydrogens (tertiary/aromatic N) is 1. The molecule has 0 saturated carbocycles. The topological polar surface area (TPSA) is 34.1 Å². The van der Waals surface area contributed by atoms with E-state index in [4.69, 9.17) is 4.74 Å². The highest BCUT2D eigenvalue weighted by molar-refractivity contribution is 5.25. The first-order valence-corrected chi connectivity index (χ1v) is 6.18. The van der Waals surface area contributed by atoms with Gasteiger partial charge in [0.15, 0.2) is 0 Å². The van der Waals surface area contributed by atoms with Gasteiger partial charge in [0.05, 0.1) is 12.3 Å². The number of pyridine rings is 1. The molecule has 0 radical (unpaired) electrons. The number of ether oxygens (including phenoxy) is 1. The Morgan fingerprint density at radius 1 is 1.41 bits per heavy atom. The Balaban J connectivity index is 2.46. The maximum Gasteiger partial charge on any atom is 0.140 e. The Morgan fingerprint density at radius 3 is 2.71 bits per heavy atom. The van der Waals surface area contributed by atoms with E-state index in [1.165, 1.54) is 0 Å². The van der Waals surface area contributed by atoms with Crippen LogP contribution in [0.15, 0.2) is 18.3 Å². The van der Waals surface area contributed by atoms with Crippen molar-refractivity contribution in [2.45, 2.75) is 40.7 Å². The number of aromatic nitrogens is 1. The van der Waals surface area contributed by atoms with Crippen molar-refractivity contribution < 1.29 is 4.74 Å². The van der Waals surface area contributed by atoms with Crippen molar-refractivity contribution in [3.63, 3.8) is 0 Å². The fourth-order valence-electron chi connectivity index (χ4n) is 1.43. The molecule has 0 bridgehead atoms. The van der Waals surface area contributed by atoms with Gasteiger partial charge >= 0.3 is 0 Å². The third kappa shape index (κ3) is 5.18. The molecule has 0 fully saturated rings. The number of hydrogen-bond donors (Lipinski definition) is 1. The lowest BCUT2D eigenvalue weighted by Crippen LogP contribution is -2.37. The Morgan fingerprint density at radius 2 is 2.12 bits per heavy atom. The van der Waals surface area contributed by atoms with Crippen LogP contribution in [0, 0.1) is 12.3 Å². The summed E-state index contributed by atoms with van der Waals surface area (Å²) in [4.78, 5) is 4.21. The molecular weight excluding hydrogens is 212 g/mol. The van der Waals surface area contributed by atoms with Crippen LogP contribution in [0.25, 0.3) is 0 Å². The summed E-state index contributed by atoms with van der Waals surface area (Å²) >= 11 is 0. The minimum atomic E-state index is 0.118. The molecule has 1 N–H and O–H groups in total. The van der Waals surface area contributed by atoms with Gasteiger partial charge in [-0.2, -0.15) is 0 Å². The fourth-order valence-corrected chi connectivity index (χ4v) is 1.43. The van der Waals surface area contributed by atoms with E-state index in [1.54, 1.807) is 6.20 Å². The molecule has 0 unspecified atom stereocenters. The summed E-state index contributed by atoms with van der Waals surface area (Å²) in [5, 5.41) is 3.44. The SMILES string of the molecule is Cc1ncccc1OCC(C)(C)CNC(C)C. The smallest absolute Gasteiger partial charge is 0.140 e. The van der Waals surface area contributed by atoms with E-state index in [9.17, 15) is 0 Å². The molecule has 0 atom stereocenters. The Hall–Kier alpha value is -1.09. The molecule has 0 aliphatic heterocycles. The van der Waals surface area contributed by atoms with Crippen molar-refractivity contribution in [3.8, 4) is 5.75 Å². The summed E-state index contributed by atoms with van der Waals surface area (Å²) < 4.78 is 5.83. The average molecular weight is 236 g/mol. The van der Waals surface area contributed by atoms with Gasteiger partial charge in [-0.1, -0.05) is 27.7 Å². The normalized spacial score (nSPS) is 11.9. The second-order valence-electron chi connectivity index (χ2n) is 5.58. The predicted molar refractivity (Wildman–Crippen MR) is 71.4 cm³/mol. The zero-order valence-corrected chi connectivity index (χ0v) is 11.6. The molecule has 0 aliphatic rings. The predicted octanol–water partition coefficient (Wildman–Crippen LogP) is 2.79. The highest BCUT2D eigenvalue weighted by atomic mass is 16.5. The van der Waals surface area contributed by atoms with E-state index in [2.05, 4.69) is 38.0 Å². The fraction of sp³-hybridized carbons (Fsp3) is 0.643. The highest BCUT2D eigenvalue weighted by Gasteiger charge is 2.19. The lowest BCUT2D eigenvalue weighted by Gasteiger charge is -2.26. The van der Waals surface area contributed by atoms with Gasteiger partial charge in [0.1, 0.15) is 5.75 Å². The molecule has 0 amide bonds. The molecule has 0 aliphatic carbocycles. The highest BCUT2D eigenvalue weighted by Crippen LogP contribution is 2.19. The van der Waals surface area contributed by atoms with Crippen molar-refractivity contribution in [2.24, 2.45) is 5.41 Å².